The molecule has 2 rings (SSSR count). The molecule has 0 bridgehead atoms. The molecule has 2 aromatic rings. The van der Waals surface area contributed by atoms with E-state index in [1.54, 1.807) is 0 Å². The number of hydrogen-bond donors (Lipinski definition) is 1. The summed E-state index contributed by atoms with van der Waals surface area (Å²) in [6.45, 7) is 3.92. The fourth-order valence-electron chi connectivity index (χ4n) is 2.25. The van der Waals surface area contributed by atoms with Gasteiger partial charge in [0.1, 0.15) is 5.03 Å². The monoisotopic (exact) mass is 350 g/mol. The van der Waals surface area contributed by atoms with E-state index in [2.05, 4.69) is 4.98 Å². The molecule has 3 unspecified atom stereocenters. The van der Waals surface area contributed by atoms with Gasteiger partial charge in [-0.25, -0.2) is 4.98 Å². The first-order valence-electron chi connectivity index (χ1n) is 7.61. The summed E-state index contributed by atoms with van der Waals surface area (Å²) in [6.07, 6.45) is 0.699. The lowest BCUT2D eigenvalue weighted by molar-refractivity contribution is -0.137. The number of aromatic nitrogens is 1. The van der Waals surface area contributed by atoms with Crippen molar-refractivity contribution in [3.05, 3.63) is 36.4 Å². The van der Waals surface area contributed by atoms with Gasteiger partial charge in [-0.15, -0.1) is 0 Å². The Morgan fingerprint density at radius 3 is 2.74 bits per heavy atom. The van der Waals surface area contributed by atoms with Crippen molar-refractivity contribution in [2.75, 3.05) is 5.49 Å². The summed E-state index contributed by atoms with van der Waals surface area (Å²) >= 11 is 1.50. The third kappa shape index (κ3) is 5.29. The van der Waals surface area contributed by atoms with Crippen LogP contribution in [-0.4, -0.2) is 27.2 Å². The van der Waals surface area contributed by atoms with Crippen LogP contribution >= 0.6 is 19.6 Å². The zero-order chi connectivity index (χ0) is 16.8. The summed E-state index contributed by atoms with van der Waals surface area (Å²) in [5, 5.41) is 10.7. The van der Waals surface area contributed by atoms with E-state index in [0.717, 1.165) is 15.9 Å². The second-order valence-electron chi connectivity index (χ2n) is 5.68. The van der Waals surface area contributed by atoms with E-state index in [0.29, 0.717) is 11.9 Å². The molecule has 0 aliphatic carbocycles. The highest BCUT2D eigenvalue weighted by Crippen LogP contribution is 2.39. The molecule has 6 heteroatoms. The van der Waals surface area contributed by atoms with Crippen LogP contribution in [0.15, 0.2) is 41.4 Å². The molecule has 0 fully saturated rings. The molecule has 122 valence electrons. The van der Waals surface area contributed by atoms with Crippen LogP contribution in [-0.2, 0) is 9.36 Å². The minimum absolute atomic E-state index is 0.0114. The lowest BCUT2D eigenvalue weighted by Crippen LogP contribution is -2.12. The number of carboxylic acids is 1. The van der Waals surface area contributed by atoms with E-state index < -0.39 is 13.8 Å². The topological polar surface area (TPSA) is 67.3 Å². The van der Waals surface area contributed by atoms with Gasteiger partial charge in [-0.05, 0) is 25.5 Å². The zero-order valence-corrected chi connectivity index (χ0v) is 15.0. The molecule has 1 heterocycles. The van der Waals surface area contributed by atoms with Crippen molar-refractivity contribution < 1.29 is 14.5 Å². The SMILES string of the molecule is CC(CCC(=O)O)C(C)[P+](=O)CSc1ccc2ccccc2n1. The molecule has 1 aromatic carbocycles. The smallest absolute Gasteiger partial charge is 0.352 e. The molecule has 0 spiro atoms. The fraction of sp³-hybridized carbons (Fsp3) is 0.412. The summed E-state index contributed by atoms with van der Waals surface area (Å²) in [6, 6.07) is 11.9. The Labute approximate surface area is 141 Å². The number of carbonyl (C=O) groups is 1. The number of thioether (sulfide) groups is 1. The Balaban J connectivity index is 1.90. The number of fused-ring (bicyclic) bond motifs is 1. The van der Waals surface area contributed by atoms with Gasteiger partial charge in [0, 0.05) is 17.7 Å². The van der Waals surface area contributed by atoms with Crippen LogP contribution in [0.2, 0.25) is 0 Å². The quantitative estimate of drug-likeness (QED) is 0.536. The van der Waals surface area contributed by atoms with Crippen molar-refractivity contribution in [1.82, 2.24) is 4.98 Å². The third-order valence-electron chi connectivity index (χ3n) is 4.00. The predicted molar refractivity (Wildman–Crippen MR) is 95.6 cm³/mol. The molecule has 0 aliphatic heterocycles. The summed E-state index contributed by atoms with van der Waals surface area (Å²) in [7, 11) is -1.40. The first-order chi connectivity index (χ1) is 11.0. The Bertz CT molecular complexity index is 707. The van der Waals surface area contributed by atoms with Crippen LogP contribution in [0.25, 0.3) is 10.9 Å². The molecule has 1 N–H and O–H groups in total. The minimum Gasteiger partial charge on any atom is -0.481 e. The number of pyridine rings is 1. The van der Waals surface area contributed by atoms with Gasteiger partial charge in [0.15, 0.2) is 11.2 Å². The largest absolute Gasteiger partial charge is 0.481 e. The van der Waals surface area contributed by atoms with Gasteiger partial charge < -0.3 is 5.11 Å². The maximum Gasteiger partial charge on any atom is 0.352 e. The van der Waals surface area contributed by atoms with Crippen LogP contribution < -0.4 is 0 Å². The van der Waals surface area contributed by atoms with Crippen LogP contribution in [0, 0.1) is 5.92 Å². The number of para-hydroxylation sites is 1. The van der Waals surface area contributed by atoms with Gasteiger partial charge in [0.25, 0.3) is 0 Å². The molecule has 4 nitrogen and oxygen atoms in total. The highest BCUT2D eigenvalue weighted by molar-refractivity contribution is 8.03. The molecule has 0 saturated carbocycles. The third-order valence-corrected chi connectivity index (χ3v) is 7.48. The lowest BCUT2D eigenvalue weighted by atomic mass is 10.0. The van der Waals surface area contributed by atoms with Crippen molar-refractivity contribution in [1.29, 1.82) is 0 Å². The van der Waals surface area contributed by atoms with E-state index in [1.165, 1.54) is 11.8 Å². The summed E-state index contributed by atoms with van der Waals surface area (Å²) in [4.78, 5) is 15.2. The standard InChI is InChI=1S/C17H20NO3PS/c1-12(7-10-17(19)20)13(2)22(21)11-23-16-9-8-14-5-3-4-6-15(14)18-16/h3-6,8-9,12-13H,7,10-11H2,1-2H3/p+1. The second-order valence-corrected chi connectivity index (χ2v) is 9.07. The lowest BCUT2D eigenvalue weighted by Gasteiger charge is -2.10. The van der Waals surface area contributed by atoms with Crippen molar-refractivity contribution in [2.45, 2.75) is 37.4 Å². The second kappa shape index (κ2) is 8.42. The molecule has 1 aromatic heterocycles. The zero-order valence-electron chi connectivity index (χ0n) is 13.3. The number of rotatable bonds is 8. The van der Waals surface area contributed by atoms with Crippen molar-refractivity contribution in [3.8, 4) is 0 Å². The van der Waals surface area contributed by atoms with Gasteiger partial charge in [-0.3, -0.25) is 4.79 Å². The van der Waals surface area contributed by atoms with Crippen LogP contribution in [0.1, 0.15) is 26.7 Å². The fourth-order valence-corrected chi connectivity index (χ4v) is 5.27. The van der Waals surface area contributed by atoms with Gasteiger partial charge >= 0.3 is 13.8 Å². The Morgan fingerprint density at radius 2 is 2.00 bits per heavy atom. The Hall–Kier alpha value is -1.45. The number of nitrogens with zero attached hydrogens (tertiary/aromatic N) is 1. The number of carboxylic acid groups (broad SMARTS) is 1. The molecule has 0 amide bonds. The summed E-state index contributed by atoms with van der Waals surface area (Å²) in [5.41, 5.74) is 1.46. The predicted octanol–water partition coefficient (Wildman–Crippen LogP) is 5.00. The van der Waals surface area contributed by atoms with E-state index in [1.807, 2.05) is 50.2 Å². The average Bonchev–Trinajstić information content (AvgIpc) is 2.56. The molecule has 0 aliphatic rings. The molecule has 23 heavy (non-hydrogen) atoms. The van der Waals surface area contributed by atoms with Crippen molar-refractivity contribution in [3.63, 3.8) is 0 Å². The van der Waals surface area contributed by atoms with Crippen molar-refractivity contribution in [2.24, 2.45) is 5.92 Å². The molecule has 0 saturated heterocycles. The normalized spacial score (nSPS) is 14.4. The maximum absolute atomic E-state index is 12.4. The number of aliphatic carboxylic acids is 1. The van der Waals surface area contributed by atoms with E-state index in [4.69, 9.17) is 5.11 Å². The minimum atomic E-state index is -1.40. The van der Waals surface area contributed by atoms with Crippen LogP contribution in [0.3, 0.4) is 0 Å². The van der Waals surface area contributed by atoms with Crippen molar-refractivity contribution >= 4 is 36.4 Å². The van der Waals surface area contributed by atoms with Crippen LogP contribution in [0.5, 0.6) is 0 Å². The van der Waals surface area contributed by atoms with E-state index >= 15 is 0 Å². The first-order valence-corrected chi connectivity index (χ1v) is 10.1. The highest BCUT2D eigenvalue weighted by atomic mass is 32.2. The Morgan fingerprint density at radius 1 is 1.26 bits per heavy atom. The first kappa shape index (κ1) is 17.9. The van der Waals surface area contributed by atoms with E-state index in [-0.39, 0.29) is 18.0 Å². The summed E-state index contributed by atoms with van der Waals surface area (Å²) < 4.78 is 12.4. The summed E-state index contributed by atoms with van der Waals surface area (Å²) in [5.74, 6) is -0.658. The molecule has 0 radical (unpaired) electrons. The highest BCUT2D eigenvalue weighted by Gasteiger charge is 2.31. The average molecular weight is 350 g/mol. The maximum atomic E-state index is 12.4. The molecular weight excluding hydrogens is 329 g/mol. The van der Waals surface area contributed by atoms with Gasteiger partial charge in [0.05, 0.1) is 5.52 Å². The Kier molecular flexibility index (Phi) is 6.55. The number of hydrogen-bond acceptors (Lipinski definition) is 4. The molecule has 3 atom stereocenters. The van der Waals surface area contributed by atoms with Gasteiger partial charge in [-0.1, -0.05) is 47.5 Å². The van der Waals surface area contributed by atoms with Crippen LogP contribution in [0.4, 0.5) is 0 Å². The van der Waals surface area contributed by atoms with E-state index in [9.17, 15) is 9.36 Å². The molecular formula is C17H21NO3PS+. The van der Waals surface area contributed by atoms with Gasteiger partial charge in [-0.2, -0.15) is 0 Å². The number of benzene rings is 1. The van der Waals surface area contributed by atoms with Gasteiger partial charge in [0.2, 0.25) is 0 Å².